The second-order valence-corrected chi connectivity index (χ2v) is 3.65. The molecular weight excluding hydrogens is 221 g/mol. The van der Waals surface area contributed by atoms with Gasteiger partial charge < -0.3 is 5.73 Å². The molecule has 1 aromatic rings. The maximum atomic E-state index is 12.3. The van der Waals surface area contributed by atoms with E-state index in [9.17, 15) is 18.0 Å². The van der Waals surface area contributed by atoms with E-state index in [-0.39, 0.29) is 11.6 Å². The van der Waals surface area contributed by atoms with Crippen LogP contribution < -0.4 is 5.73 Å². The SMILES string of the molecule is CC(C)c1ccc(C(F)(F)F)nc1C(N)=O. The van der Waals surface area contributed by atoms with Crippen LogP contribution in [0.15, 0.2) is 12.1 Å². The van der Waals surface area contributed by atoms with Crippen LogP contribution in [0.4, 0.5) is 13.2 Å². The van der Waals surface area contributed by atoms with Gasteiger partial charge in [-0.25, -0.2) is 4.98 Å². The van der Waals surface area contributed by atoms with Crippen molar-refractivity contribution in [3.8, 4) is 0 Å². The average molecular weight is 232 g/mol. The second-order valence-electron chi connectivity index (χ2n) is 3.65. The van der Waals surface area contributed by atoms with Crippen molar-refractivity contribution < 1.29 is 18.0 Å². The van der Waals surface area contributed by atoms with Crippen molar-refractivity contribution in [1.82, 2.24) is 4.98 Å². The summed E-state index contributed by atoms with van der Waals surface area (Å²) >= 11 is 0. The number of hydrogen-bond donors (Lipinski definition) is 1. The van der Waals surface area contributed by atoms with Gasteiger partial charge in [-0.1, -0.05) is 19.9 Å². The van der Waals surface area contributed by atoms with Crippen LogP contribution in [0.2, 0.25) is 0 Å². The molecule has 1 rings (SSSR count). The maximum absolute atomic E-state index is 12.3. The van der Waals surface area contributed by atoms with Crippen LogP contribution in [0.5, 0.6) is 0 Å². The van der Waals surface area contributed by atoms with Gasteiger partial charge in [-0.2, -0.15) is 13.2 Å². The van der Waals surface area contributed by atoms with Crippen LogP contribution in [0.3, 0.4) is 0 Å². The second kappa shape index (κ2) is 4.11. The minimum absolute atomic E-state index is 0.114. The highest BCUT2D eigenvalue weighted by Gasteiger charge is 2.33. The monoisotopic (exact) mass is 232 g/mol. The molecule has 0 spiro atoms. The van der Waals surface area contributed by atoms with Crippen molar-refractivity contribution in [3.05, 3.63) is 29.1 Å². The summed E-state index contributed by atoms with van der Waals surface area (Å²) in [6.07, 6.45) is -4.57. The van der Waals surface area contributed by atoms with Gasteiger partial charge in [-0.3, -0.25) is 4.79 Å². The number of halogens is 3. The van der Waals surface area contributed by atoms with Gasteiger partial charge in [0.25, 0.3) is 5.91 Å². The lowest BCUT2D eigenvalue weighted by Gasteiger charge is -2.12. The minimum atomic E-state index is -4.57. The molecule has 0 unspecified atom stereocenters. The zero-order chi connectivity index (χ0) is 12.5. The van der Waals surface area contributed by atoms with Crippen LogP contribution in [-0.4, -0.2) is 10.9 Å². The highest BCUT2D eigenvalue weighted by molar-refractivity contribution is 5.92. The molecule has 0 aliphatic rings. The molecule has 0 fully saturated rings. The molecule has 1 amide bonds. The number of amides is 1. The van der Waals surface area contributed by atoms with Crippen molar-refractivity contribution in [2.24, 2.45) is 5.73 Å². The van der Waals surface area contributed by atoms with Crippen molar-refractivity contribution in [2.75, 3.05) is 0 Å². The Balaban J connectivity index is 3.34. The number of nitrogens with zero attached hydrogens (tertiary/aromatic N) is 1. The standard InChI is InChI=1S/C10H11F3N2O/c1-5(2)6-3-4-7(10(11,12)13)15-8(6)9(14)16/h3-5H,1-2H3,(H2,14,16). The smallest absolute Gasteiger partial charge is 0.364 e. The van der Waals surface area contributed by atoms with E-state index in [2.05, 4.69) is 4.98 Å². The molecule has 0 saturated carbocycles. The topological polar surface area (TPSA) is 56.0 Å². The third-order valence-electron chi connectivity index (χ3n) is 2.07. The van der Waals surface area contributed by atoms with Gasteiger partial charge in [0.15, 0.2) is 0 Å². The quantitative estimate of drug-likeness (QED) is 0.850. The molecule has 0 aliphatic carbocycles. The van der Waals surface area contributed by atoms with Crippen molar-refractivity contribution in [1.29, 1.82) is 0 Å². The first kappa shape index (κ1) is 12.5. The summed E-state index contributed by atoms with van der Waals surface area (Å²) in [6.45, 7) is 3.49. The summed E-state index contributed by atoms with van der Waals surface area (Å²) in [6, 6.07) is 2.09. The Bertz CT molecular complexity index is 413. The molecule has 2 N–H and O–H groups in total. The predicted octanol–water partition coefficient (Wildman–Crippen LogP) is 2.32. The molecule has 0 saturated heterocycles. The lowest BCUT2D eigenvalue weighted by molar-refractivity contribution is -0.141. The summed E-state index contributed by atoms with van der Waals surface area (Å²) in [5, 5.41) is 0. The first-order valence-electron chi connectivity index (χ1n) is 4.61. The number of nitrogens with two attached hydrogens (primary N) is 1. The molecular formula is C10H11F3N2O. The van der Waals surface area contributed by atoms with Crippen molar-refractivity contribution >= 4 is 5.91 Å². The minimum Gasteiger partial charge on any atom is -0.364 e. The summed E-state index contributed by atoms with van der Waals surface area (Å²) in [5.41, 5.74) is 3.99. The number of carbonyl (C=O) groups excluding carboxylic acids is 1. The largest absolute Gasteiger partial charge is 0.433 e. The van der Waals surface area contributed by atoms with Gasteiger partial charge in [0, 0.05) is 0 Å². The first-order chi connectivity index (χ1) is 7.23. The third-order valence-corrected chi connectivity index (χ3v) is 2.07. The lowest BCUT2D eigenvalue weighted by atomic mass is 10.0. The molecule has 1 heterocycles. The fourth-order valence-electron chi connectivity index (χ4n) is 1.29. The Hall–Kier alpha value is -1.59. The van der Waals surface area contributed by atoms with E-state index in [1.807, 2.05) is 0 Å². The zero-order valence-corrected chi connectivity index (χ0v) is 8.80. The summed E-state index contributed by atoms with van der Waals surface area (Å²) in [7, 11) is 0. The molecule has 1 aromatic heterocycles. The van der Waals surface area contributed by atoms with Crippen molar-refractivity contribution in [3.63, 3.8) is 0 Å². The summed E-state index contributed by atoms with van der Waals surface area (Å²) in [4.78, 5) is 14.3. The fraction of sp³-hybridized carbons (Fsp3) is 0.400. The molecule has 0 aliphatic heterocycles. The molecule has 16 heavy (non-hydrogen) atoms. The number of hydrogen-bond acceptors (Lipinski definition) is 2. The van der Waals surface area contributed by atoms with Crippen molar-refractivity contribution in [2.45, 2.75) is 25.9 Å². The maximum Gasteiger partial charge on any atom is 0.433 e. The van der Waals surface area contributed by atoms with Gasteiger partial charge in [-0.05, 0) is 17.5 Å². The Morgan fingerprint density at radius 2 is 1.94 bits per heavy atom. The summed E-state index contributed by atoms with van der Waals surface area (Å²) < 4.78 is 37.0. The van der Waals surface area contributed by atoms with E-state index in [4.69, 9.17) is 5.73 Å². The molecule has 3 nitrogen and oxygen atoms in total. The van der Waals surface area contributed by atoms with Crippen LogP contribution >= 0.6 is 0 Å². The lowest BCUT2D eigenvalue weighted by Crippen LogP contribution is -2.20. The molecule has 0 radical (unpaired) electrons. The van der Waals surface area contributed by atoms with Gasteiger partial charge in [0.2, 0.25) is 0 Å². The number of carbonyl (C=O) groups is 1. The summed E-state index contributed by atoms with van der Waals surface area (Å²) in [5.74, 6) is -1.06. The zero-order valence-electron chi connectivity index (χ0n) is 8.80. The molecule has 0 aromatic carbocycles. The highest BCUT2D eigenvalue weighted by Crippen LogP contribution is 2.29. The molecule has 88 valence electrons. The third kappa shape index (κ3) is 2.50. The number of primary amides is 1. The van der Waals surface area contributed by atoms with E-state index in [1.165, 1.54) is 6.07 Å². The van der Waals surface area contributed by atoms with E-state index < -0.39 is 17.8 Å². The van der Waals surface area contributed by atoms with Crippen LogP contribution in [0, 0.1) is 0 Å². The van der Waals surface area contributed by atoms with Gasteiger partial charge in [-0.15, -0.1) is 0 Å². The van der Waals surface area contributed by atoms with E-state index >= 15 is 0 Å². The van der Waals surface area contributed by atoms with Crippen LogP contribution in [-0.2, 0) is 6.18 Å². The van der Waals surface area contributed by atoms with Crippen LogP contribution in [0.25, 0.3) is 0 Å². The number of aromatic nitrogens is 1. The molecule has 6 heteroatoms. The van der Waals surface area contributed by atoms with E-state index in [0.717, 1.165) is 6.07 Å². The van der Waals surface area contributed by atoms with Gasteiger partial charge in [0.05, 0.1) is 0 Å². The Morgan fingerprint density at radius 1 is 1.38 bits per heavy atom. The fourth-order valence-corrected chi connectivity index (χ4v) is 1.29. The highest BCUT2D eigenvalue weighted by atomic mass is 19.4. The normalized spacial score (nSPS) is 11.9. The number of rotatable bonds is 2. The first-order valence-corrected chi connectivity index (χ1v) is 4.61. The van der Waals surface area contributed by atoms with Gasteiger partial charge in [0.1, 0.15) is 11.4 Å². The number of alkyl halides is 3. The Kier molecular flexibility index (Phi) is 3.21. The van der Waals surface area contributed by atoms with Crippen LogP contribution in [0.1, 0.15) is 41.5 Å². The Morgan fingerprint density at radius 3 is 2.31 bits per heavy atom. The molecule has 0 atom stereocenters. The molecule has 0 bridgehead atoms. The van der Waals surface area contributed by atoms with Gasteiger partial charge >= 0.3 is 6.18 Å². The van der Waals surface area contributed by atoms with E-state index in [1.54, 1.807) is 13.8 Å². The number of pyridine rings is 1. The predicted molar refractivity (Wildman–Crippen MR) is 51.8 cm³/mol. The average Bonchev–Trinajstić information content (AvgIpc) is 2.15. The van der Waals surface area contributed by atoms with E-state index in [0.29, 0.717) is 5.56 Å². The Labute approximate surface area is 90.5 Å².